The van der Waals surface area contributed by atoms with Crippen LogP contribution in [-0.2, 0) is 9.59 Å². The van der Waals surface area contributed by atoms with Gasteiger partial charge in [-0.05, 0) is 43.2 Å². The number of amides is 2. The fourth-order valence-corrected chi connectivity index (χ4v) is 5.04. The van der Waals surface area contributed by atoms with E-state index in [0.717, 1.165) is 28.6 Å². The highest BCUT2D eigenvalue weighted by Gasteiger charge is 2.34. The van der Waals surface area contributed by atoms with Crippen molar-refractivity contribution in [2.75, 3.05) is 24.3 Å². The molecule has 4 rings (SSSR count). The first-order chi connectivity index (χ1) is 18.0. The van der Waals surface area contributed by atoms with E-state index in [9.17, 15) is 24.3 Å². The smallest absolute Gasteiger partial charge is 0.328 e. The zero-order valence-corrected chi connectivity index (χ0v) is 22.1. The van der Waals surface area contributed by atoms with Gasteiger partial charge in [0, 0.05) is 31.9 Å². The third-order valence-corrected chi connectivity index (χ3v) is 7.10. The first-order valence-corrected chi connectivity index (χ1v) is 12.6. The predicted octanol–water partition coefficient (Wildman–Crippen LogP) is 2.16. The number of amidine groups is 1. The lowest BCUT2D eigenvalue weighted by Gasteiger charge is -2.17. The van der Waals surface area contributed by atoms with Crippen LogP contribution in [0, 0.1) is 13.8 Å². The number of hydrogen-bond donors (Lipinski definition) is 5. The van der Waals surface area contributed by atoms with E-state index < -0.39 is 34.3 Å². The summed E-state index contributed by atoms with van der Waals surface area (Å²) in [4.78, 5) is 60.4. The van der Waals surface area contributed by atoms with E-state index >= 15 is 0 Å². The summed E-state index contributed by atoms with van der Waals surface area (Å²) in [6.45, 7) is 3.85. The minimum Gasteiger partial charge on any atom is -0.494 e. The van der Waals surface area contributed by atoms with Gasteiger partial charge >= 0.3 is 5.69 Å². The number of benzene rings is 2. The number of aromatic hydroxyl groups is 1. The molecule has 11 nitrogen and oxygen atoms in total. The Kier molecular flexibility index (Phi) is 7.72. The molecule has 2 aromatic carbocycles. The van der Waals surface area contributed by atoms with E-state index in [1.54, 1.807) is 12.1 Å². The van der Waals surface area contributed by atoms with Crippen LogP contribution in [0.25, 0.3) is 0 Å². The topological polar surface area (TPSA) is 160 Å². The number of nitrogens with one attached hydrogen (secondary N) is 4. The lowest BCUT2D eigenvalue weighted by Crippen LogP contribution is -2.29. The molecule has 2 amide bonds. The Balaban J connectivity index is 1.60. The Hall–Kier alpha value is -4.32. The average Bonchev–Trinajstić information content (AvgIpc) is 3.18. The van der Waals surface area contributed by atoms with Gasteiger partial charge in [0.05, 0.1) is 0 Å². The molecule has 0 saturated carbocycles. The summed E-state index contributed by atoms with van der Waals surface area (Å²) in [7, 11) is 3.76. The lowest BCUT2D eigenvalue weighted by molar-refractivity contribution is -0.122. The Bertz CT molecular complexity index is 1530. The number of carbonyl (C=O) groups excluding carboxylic acids is 2. The van der Waals surface area contributed by atoms with E-state index in [1.807, 2.05) is 63.2 Å². The highest BCUT2D eigenvalue weighted by molar-refractivity contribution is 8.15. The van der Waals surface area contributed by atoms with Crippen molar-refractivity contribution in [1.29, 1.82) is 0 Å². The molecule has 5 N–H and O–H groups in total. The molecule has 2 atom stereocenters. The number of aromatic amines is 2. The van der Waals surface area contributed by atoms with Gasteiger partial charge in [-0.1, -0.05) is 41.6 Å². The van der Waals surface area contributed by atoms with Gasteiger partial charge in [-0.2, -0.15) is 0 Å². The molecule has 0 aliphatic carbocycles. The maximum atomic E-state index is 12.7. The van der Waals surface area contributed by atoms with Gasteiger partial charge in [-0.3, -0.25) is 24.4 Å². The highest BCUT2D eigenvalue weighted by atomic mass is 32.2. The number of aliphatic imine (C=N–C) groups is 1. The number of anilines is 2. The lowest BCUT2D eigenvalue weighted by atomic mass is 10.0. The Morgan fingerprint density at radius 3 is 2.45 bits per heavy atom. The van der Waals surface area contributed by atoms with Crippen molar-refractivity contribution in [1.82, 2.24) is 15.3 Å². The minimum absolute atomic E-state index is 0.0878. The molecule has 0 radical (unpaired) electrons. The number of nitrogens with zero attached hydrogens (tertiary/aromatic N) is 2. The normalized spacial score (nSPS) is 16.8. The molecule has 12 heteroatoms. The molecule has 0 spiro atoms. The zero-order valence-electron chi connectivity index (χ0n) is 21.3. The van der Waals surface area contributed by atoms with Crippen molar-refractivity contribution in [3.05, 3.63) is 85.6 Å². The van der Waals surface area contributed by atoms with Gasteiger partial charge in [0.15, 0.2) is 5.17 Å². The number of aromatic nitrogens is 2. The van der Waals surface area contributed by atoms with E-state index in [4.69, 9.17) is 0 Å². The number of carbonyl (C=O) groups is 2. The summed E-state index contributed by atoms with van der Waals surface area (Å²) in [5.41, 5.74) is 2.26. The second kappa shape index (κ2) is 11.0. The molecular formula is C26H28N6O5S. The summed E-state index contributed by atoms with van der Waals surface area (Å²) in [5.74, 6) is -1.34. The Labute approximate surface area is 222 Å². The summed E-state index contributed by atoms with van der Waals surface area (Å²) >= 11 is 1.06. The number of aryl methyl sites for hydroxylation is 2. The maximum absolute atomic E-state index is 12.7. The number of hydrogen-bond acceptors (Lipinski definition) is 8. The summed E-state index contributed by atoms with van der Waals surface area (Å²) in [5, 5.41) is 15.4. The molecular weight excluding hydrogens is 508 g/mol. The molecule has 0 bridgehead atoms. The molecule has 1 aliphatic rings. The molecule has 38 heavy (non-hydrogen) atoms. The van der Waals surface area contributed by atoms with Crippen molar-refractivity contribution in [2.45, 2.75) is 31.6 Å². The zero-order chi connectivity index (χ0) is 27.6. The van der Waals surface area contributed by atoms with Crippen LogP contribution in [0.3, 0.4) is 0 Å². The molecule has 2 heterocycles. The number of H-pyrrole nitrogens is 2. The summed E-state index contributed by atoms with van der Waals surface area (Å²) in [6.07, 6.45) is -0.0878. The SMILES string of the molecule is Cc1ccc(NC(=O)C[C@@H]2SC(=N[C@@H](c3ccc(N(C)C)cc3)c3c(O)[nH]c(=O)[nH]c3=O)NC2=O)c(C)c1. The minimum atomic E-state index is -1.04. The highest BCUT2D eigenvalue weighted by Crippen LogP contribution is 2.32. The van der Waals surface area contributed by atoms with Crippen LogP contribution in [0.2, 0.25) is 0 Å². The van der Waals surface area contributed by atoms with E-state index in [0.29, 0.717) is 11.3 Å². The third-order valence-electron chi connectivity index (χ3n) is 6.01. The molecule has 1 aliphatic heterocycles. The summed E-state index contributed by atoms with van der Waals surface area (Å²) in [6, 6.07) is 11.7. The average molecular weight is 537 g/mol. The monoisotopic (exact) mass is 536 g/mol. The van der Waals surface area contributed by atoms with Crippen LogP contribution >= 0.6 is 11.8 Å². The molecule has 1 aromatic heterocycles. The third kappa shape index (κ3) is 5.97. The van der Waals surface area contributed by atoms with Gasteiger partial charge in [-0.25, -0.2) is 9.79 Å². The van der Waals surface area contributed by atoms with Crippen LogP contribution in [0.4, 0.5) is 11.4 Å². The molecule has 3 aromatic rings. The van der Waals surface area contributed by atoms with Crippen molar-refractivity contribution < 1.29 is 14.7 Å². The second-order valence-electron chi connectivity index (χ2n) is 9.16. The standard InChI is InChI=1S/C26H28N6O5S/c1-13-5-10-17(14(2)11-13)27-19(33)12-18-22(34)31-26(38-18)28-21(15-6-8-16(9-7-15)32(3)4)20-23(35)29-25(37)30-24(20)36/h5-11,18,21H,12H2,1-4H3,(H,27,33)(H,28,31,34)(H3,29,30,35,36,37)/t18-,21-/m0/s1. The van der Waals surface area contributed by atoms with Crippen LogP contribution in [0.1, 0.15) is 34.7 Å². The van der Waals surface area contributed by atoms with Gasteiger partial charge in [0.1, 0.15) is 16.9 Å². The molecule has 1 saturated heterocycles. The van der Waals surface area contributed by atoms with Crippen molar-refractivity contribution in [3.8, 4) is 5.88 Å². The first kappa shape index (κ1) is 26.7. The van der Waals surface area contributed by atoms with Crippen molar-refractivity contribution in [2.24, 2.45) is 4.99 Å². The predicted molar refractivity (Wildman–Crippen MR) is 148 cm³/mol. The van der Waals surface area contributed by atoms with Gasteiger partial charge in [0.25, 0.3) is 5.56 Å². The van der Waals surface area contributed by atoms with Gasteiger partial charge in [0.2, 0.25) is 17.7 Å². The van der Waals surface area contributed by atoms with Gasteiger partial charge < -0.3 is 20.6 Å². The molecule has 198 valence electrons. The molecule has 1 fully saturated rings. The van der Waals surface area contributed by atoms with Gasteiger partial charge in [-0.15, -0.1) is 0 Å². The van der Waals surface area contributed by atoms with E-state index in [2.05, 4.69) is 25.6 Å². The molecule has 0 unspecified atom stereocenters. The van der Waals surface area contributed by atoms with Crippen LogP contribution < -0.4 is 26.8 Å². The number of rotatable bonds is 7. The Morgan fingerprint density at radius 1 is 1.11 bits per heavy atom. The van der Waals surface area contributed by atoms with Crippen LogP contribution in [-0.4, -0.2) is 51.4 Å². The van der Waals surface area contributed by atoms with Crippen molar-refractivity contribution in [3.63, 3.8) is 0 Å². The second-order valence-corrected chi connectivity index (χ2v) is 10.4. The maximum Gasteiger partial charge on any atom is 0.328 e. The fraction of sp³-hybridized carbons (Fsp3) is 0.269. The van der Waals surface area contributed by atoms with E-state index in [1.165, 1.54) is 0 Å². The summed E-state index contributed by atoms with van der Waals surface area (Å²) < 4.78 is 0. The first-order valence-electron chi connectivity index (χ1n) is 11.8. The van der Waals surface area contributed by atoms with Crippen LogP contribution in [0.15, 0.2) is 57.0 Å². The fourth-order valence-electron chi connectivity index (χ4n) is 4.04. The van der Waals surface area contributed by atoms with Crippen LogP contribution in [0.5, 0.6) is 5.88 Å². The van der Waals surface area contributed by atoms with Crippen molar-refractivity contribution >= 4 is 40.1 Å². The number of thioether (sulfide) groups is 1. The largest absolute Gasteiger partial charge is 0.494 e. The van der Waals surface area contributed by atoms with E-state index in [-0.39, 0.29) is 23.1 Å². The Morgan fingerprint density at radius 2 is 1.82 bits per heavy atom. The quantitative estimate of drug-likeness (QED) is 0.309.